The van der Waals surface area contributed by atoms with Gasteiger partial charge in [-0.1, -0.05) is 0 Å². The SMILES string of the molecule is O=NC(=O)c1c(C(=O)O)ccn2c(S)c(S)c(O)c12. The second-order valence-corrected chi connectivity index (χ2v) is 4.42. The number of rotatable bonds is 2. The Morgan fingerprint density at radius 2 is 1.95 bits per heavy atom. The summed E-state index contributed by atoms with van der Waals surface area (Å²) in [5.41, 5.74) is -1.11. The number of thiol groups is 2. The maximum atomic E-state index is 11.5. The monoisotopic (exact) mass is 298 g/mol. The molecule has 2 aromatic rings. The molecule has 2 aromatic heterocycles. The minimum absolute atomic E-state index is 0.0609. The molecular formula is C10H6N2O5S2. The second-order valence-electron chi connectivity index (χ2n) is 3.55. The van der Waals surface area contributed by atoms with Crippen LogP contribution in [0.3, 0.4) is 0 Å². The van der Waals surface area contributed by atoms with E-state index in [0.717, 1.165) is 6.07 Å². The van der Waals surface area contributed by atoms with Crippen molar-refractivity contribution in [2.75, 3.05) is 0 Å². The molecule has 0 spiro atoms. The van der Waals surface area contributed by atoms with Gasteiger partial charge < -0.3 is 14.6 Å². The van der Waals surface area contributed by atoms with Crippen LogP contribution in [0.25, 0.3) is 5.52 Å². The van der Waals surface area contributed by atoms with Gasteiger partial charge >= 0.3 is 11.9 Å². The number of aromatic carboxylic acids is 1. The molecule has 0 aliphatic heterocycles. The molecule has 0 radical (unpaired) electrons. The summed E-state index contributed by atoms with van der Waals surface area (Å²) in [4.78, 5) is 33.0. The number of carboxylic acids is 1. The standard InChI is InChI=1S/C10H6N2O5S2/c13-6-5-4(8(14)11-17)3(10(15)16)1-2-12(5)9(19)7(6)18/h1-2,13,18-19H,(H,15,16). The summed E-state index contributed by atoms with van der Waals surface area (Å²) in [7, 11) is 0. The van der Waals surface area contributed by atoms with E-state index >= 15 is 0 Å². The lowest BCUT2D eigenvalue weighted by atomic mass is 10.1. The van der Waals surface area contributed by atoms with Crippen LogP contribution >= 0.6 is 25.3 Å². The first kappa shape index (κ1) is 13.4. The first-order chi connectivity index (χ1) is 8.90. The third-order valence-corrected chi connectivity index (χ3v) is 3.59. The number of nitroso groups, excluding NO2 is 1. The Labute approximate surface area is 116 Å². The van der Waals surface area contributed by atoms with E-state index in [0.29, 0.717) is 0 Å². The number of aromatic hydroxyl groups is 1. The predicted octanol–water partition coefficient (Wildman–Crippen LogP) is 1.83. The Bertz CT molecular complexity index is 737. The molecule has 9 heteroatoms. The minimum atomic E-state index is -1.42. The van der Waals surface area contributed by atoms with Gasteiger partial charge in [0.15, 0.2) is 5.75 Å². The Kier molecular flexibility index (Phi) is 3.25. The molecular weight excluding hydrogens is 292 g/mol. The Balaban J connectivity index is 3.03. The summed E-state index contributed by atoms with van der Waals surface area (Å²) in [5, 5.41) is 21.3. The van der Waals surface area contributed by atoms with Crippen LogP contribution < -0.4 is 0 Å². The lowest BCUT2D eigenvalue weighted by Gasteiger charge is -2.05. The molecule has 0 aliphatic rings. The molecule has 0 saturated heterocycles. The van der Waals surface area contributed by atoms with E-state index in [4.69, 9.17) is 5.11 Å². The van der Waals surface area contributed by atoms with Crippen molar-refractivity contribution in [2.45, 2.75) is 9.92 Å². The van der Waals surface area contributed by atoms with E-state index in [1.54, 1.807) is 0 Å². The van der Waals surface area contributed by atoms with Crippen LogP contribution in [0.15, 0.2) is 27.4 Å². The Hall–Kier alpha value is -2.00. The smallest absolute Gasteiger partial charge is 0.336 e. The first-order valence-corrected chi connectivity index (χ1v) is 5.68. The van der Waals surface area contributed by atoms with Crippen LogP contribution in [0.1, 0.15) is 20.7 Å². The van der Waals surface area contributed by atoms with Gasteiger partial charge in [0, 0.05) is 11.4 Å². The molecule has 0 bridgehead atoms. The molecule has 2 rings (SSSR count). The summed E-state index contributed by atoms with van der Waals surface area (Å²) in [5.74, 6) is -3.16. The number of nitrogens with zero attached hydrogens (tertiary/aromatic N) is 2. The molecule has 98 valence electrons. The van der Waals surface area contributed by atoms with Gasteiger partial charge in [0.25, 0.3) is 0 Å². The molecule has 0 atom stereocenters. The molecule has 0 aliphatic carbocycles. The average Bonchev–Trinajstić information content (AvgIpc) is 2.62. The van der Waals surface area contributed by atoms with Crippen LogP contribution in [0.2, 0.25) is 0 Å². The summed E-state index contributed by atoms with van der Waals surface area (Å²) in [6.07, 6.45) is 1.29. The molecule has 0 fully saturated rings. The van der Waals surface area contributed by atoms with Gasteiger partial charge in [-0.25, -0.2) is 4.79 Å². The van der Waals surface area contributed by atoms with E-state index in [1.165, 1.54) is 10.6 Å². The quantitative estimate of drug-likeness (QED) is 0.499. The zero-order valence-corrected chi connectivity index (χ0v) is 10.9. The number of hydrogen-bond donors (Lipinski definition) is 4. The predicted molar refractivity (Wildman–Crippen MR) is 70.7 cm³/mol. The highest BCUT2D eigenvalue weighted by Crippen LogP contribution is 2.38. The number of carbonyl (C=O) groups is 2. The van der Waals surface area contributed by atoms with Crippen molar-refractivity contribution < 1.29 is 19.8 Å². The fourth-order valence-corrected chi connectivity index (χ4v) is 2.22. The van der Waals surface area contributed by atoms with Gasteiger partial charge in [-0.3, -0.25) is 4.79 Å². The Morgan fingerprint density at radius 3 is 2.47 bits per heavy atom. The van der Waals surface area contributed by atoms with Gasteiger partial charge in [0.2, 0.25) is 0 Å². The second kappa shape index (κ2) is 4.59. The van der Waals surface area contributed by atoms with Crippen LogP contribution in [0, 0.1) is 4.91 Å². The zero-order chi connectivity index (χ0) is 14.3. The molecule has 0 saturated carbocycles. The van der Waals surface area contributed by atoms with Gasteiger partial charge in [-0.2, -0.15) is 0 Å². The molecule has 1 amide bonds. The Morgan fingerprint density at radius 1 is 1.32 bits per heavy atom. The lowest BCUT2D eigenvalue weighted by Crippen LogP contribution is -2.09. The third kappa shape index (κ3) is 1.87. The van der Waals surface area contributed by atoms with Crippen LogP contribution in [0.4, 0.5) is 0 Å². The number of aromatic nitrogens is 1. The fraction of sp³-hybridized carbons (Fsp3) is 0. The van der Waals surface area contributed by atoms with Crippen molar-refractivity contribution in [2.24, 2.45) is 5.18 Å². The van der Waals surface area contributed by atoms with Gasteiger partial charge in [0.1, 0.15) is 5.52 Å². The van der Waals surface area contributed by atoms with E-state index in [1.807, 2.05) is 0 Å². The third-order valence-electron chi connectivity index (χ3n) is 2.55. The van der Waals surface area contributed by atoms with E-state index in [2.05, 4.69) is 30.4 Å². The van der Waals surface area contributed by atoms with Gasteiger partial charge in [-0.15, -0.1) is 30.2 Å². The minimum Gasteiger partial charge on any atom is -0.505 e. The van der Waals surface area contributed by atoms with Crippen LogP contribution in [-0.2, 0) is 0 Å². The summed E-state index contributed by atoms with van der Waals surface area (Å²) in [6.45, 7) is 0. The van der Waals surface area contributed by atoms with E-state index < -0.39 is 28.8 Å². The maximum absolute atomic E-state index is 11.5. The first-order valence-electron chi connectivity index (χ1n) is 4.79. The summed E-state index contributed by atoms with van der Waals surface area (Å²) >= 11 is 8.06. The van der Waals surface area contributed by atoms with Crippen molar-refractivity contribution in [1.29, 1.82) is 0 Å². The average molecular weight is 298 g/mol. The normalized spacial score (nSPS) is 10.6. The summed E-state index contributed by atoms with van der Waals surface area (Å²) < 4.78 is 1.24. The van der Waals surface area contributed by atoms with Crippen LogP contribution in [0.5, 0.6) is 5.75 Å². The molecule has 0 unspecified atom stereocenters. The largest absolute Gasteiger partial charge is 0.505 e. The molecule has 2 N–H and O–H groups in total. The van der Waals surface area contributed by atoms with Gasteiger partial charge in [-0.05, 0) is 6.07 Å². The number of carboxylic acid groups (broad SMARTS) is 1. The molecule has 0 aromatic carbocycles. The van der Waals surface area contributed by atoms with Crippen molar-refractivity contribution in [3.63, 3.8) is 0 Å². The number of pyridine rings is 1. The molecule has 2 heterocycles. The van der Waals surface area contributed by atoms with Crippen LogP contribution in [-0.4, -0.2) is 26.5 Å². The molecule has 19 heavy (non-hydrogen) atoms. The van der Waals surface area contributed by atoms with Crippen molar-refractivity contribution in [3.05, 3.63) is 28.3 Å². The number of amides is 1. The van der Waals surface area contributed by atoms with E-state index in [-0.39, 0.29) is 15.4 Å². The van der Waals surface area contributed by atoms with Crippen molar-refractivity contribution >= 4 is 42.7 Å². The lowest BCUT2D eigenvalue weighted by molar-refractivity contribution is 0.0692. The van der Waals surface area contributed by atoms with E-state index in [9.17, 15) is 19.6 Å². The number of fused-ring (bicyclic) bond motifs is 1. The zero-order valence-electron chi connectivity index (χ0n) is 9.06. The van der Waals surface area contributed by atoms with Crippen molar-refractivity contribution in [1.82, 2.24) is 4.40 Å². The van der Waals surface area contributed by atoms with Crippen molar-refractivity contribution in [3.8, 4) is 5.75 Å². The topological polar surface area (TPSA) is 108 Å². The molecule has 7 nitrogen and oxygen atoms in total. The maximum Gasteiger partial charge on any atom is 0.336 e. The summed E-state index contributed by atoms with van der Waals surface area (Å²) in [6, 6.07) is 1.11. The number of hydrogen-bond acceptors (Lipinski definition) is 6. The van der Waals surface area contributed by atoms with Gasteiger partial charge in [0.05, 0.1) is 21.0 Å². The highest BCUT2D eigenvalue weighted by molar-refractivity contribution is 7.83. The number of carbonyl (C=O) groups excluding carboxylic acids is 1. The highest BCUT2D eigenvalue weighted by atomic mass is 32.1. The fourth-order valence-electron chi connectivity index (χ4n) is 1.74. The highest BCUT2D eigenvalue weighted by Gasteiger charge is 2.26.